The van der Waals surface area contributed by atoms with E-state index >= 15 is 0 Å². The molecule has 0 spiro atoms. The third-order valence-electron chi connectivity index (χ3n) is 3.23. The van der Waals surface area contributed by atoms with Gasteiger partial charge in [0.1, 0.15) is 13.1 Å². The van der Waals surface area contributed by atoms with Gasteiger partial charge in [-0.25, -0.2) is 0 Å². The summed E-state index contributed by atoms with van der Waals surface area (Å²) in [6.07, 6.45) is 0.777. The van der Waals surface area contributed by atoms with E-state index in [-0.39, 0.29) is 19.0 Å². The van der Waals surface area contributed by atoms with Crippen LogP contribution in [0, 0.1) is 0 Å². The lowest BCUT2D eigenvalue weighted by atomic mass is 10.1. The predicted molar refractivity (Wildman–Crippen MR) is 71.1 cm³/mol. The number of ether oxygens (including phenoxy) is 2. The van der Waals surface area contributed by atoms with E-state index in [1.54, 1.807) is 18.2 Å². The second kappa shape index (κ2) is 5.43. The van der Waals surface area contributed by atoms with Gasteiger partial charge >= 0.3 is 0 Å². The number of hydrogen-bond donors (Lipinski definition) is 1. The molecule has 110 valence electrons. The van der Waals surface area contributed by atoms with Gasteiger partial charge in [-0.1, -0.05) is 0 Å². The Labute approximate surface area is 120 Å². The van der Waals surface area contributed by atoms with Crippen LogP contribution >= 0.6 is 0 Å². The molecule has 1 saturated heterocycles. The van der Waals surface area contributed by atoms with Crippen LogP contribution in [0.5, 0.6) is 11.5 Å². The van der Waals surface area contributed by atoms with Gasteiger partial charge in [-0.2, -0.15) is 0 Å². The van der Waals surface area contributed by atoms with Gasteiger partial charge in [0.25, 0.3) is 5.91 Å². The lowest BCUT2D eigenvalue weighted by Gasteiger charge is -2.25. The number of rotatable bonds is 1. The minimum atomic E-state index is -0.478. The molecule has 7 nitrogen and oxygen atoms in total. The number of imide groups is 1. The van der Waals surface area contributed by atoms with Crippen LogP contribution in [-0.4, -0.2) is 48.9 Å². The molecule has 1 N–H and O–H groups in total. The molecule has 3 rings (SSSR count). The summed E-state index contributed by atoms with van der Waals surface area (Å²) in [6.45, 7) is 0.842. The summed E-state index contributed by atoms with van der Waals surface area (Å²) in [5, 5.41) is 2.16. The van der Waals surface area contributed by atoms with Crippen molar-refractivity contribution in [2.45, 2.75) is 6.42 Å². The third kappa shape index (κ3) is 2.81. The molecule has 0 radical (unpaired) electrons. The molecule has 7 heteroatoms. The number of nitrogens with zero attached hydrogens (tertiary/aromatic N) is 1. The number of carbonyl (C=O) groups excluding carboxylic acids is 3. The molecule has 21 heavy (non-hydrogen) atoms. The molecular weight excluding hydrogens is 276 g/mol. The van der Waals surface area contributed by atoms with E-state index in [1.165, 1.54) is 4.90 Å². The van der Waals surface area contributed by atoms with Crippen LogP contribution in [0.4, 0.5) is 0 Å². The minimum absolute atomic E-state index is 0.126. The SMILES string of the molecule is O=C1CN(C(=O)c2ccc3c(c2)OCCCO3)CC(=O)N1. The molecule has 0 bridgehead atoms. The van der Waals surface area contributed by atoms with Crippen molar-refractivity contribution in [3.8, 4) is 11.5 Å². The lowest BCUT2D eigenvalue weighted by Crippen LogP contribution is -2.53. The van der Waals surface area contributed by atoms with E-state index < -0.39 is 11.8 Å². The Morgan fingerprint density at radius 1 is 1.05 bits per heavy atom. The maximum atomic E-state index is 12.4. The molecule has 2 aliphatic rings. The summed E-state index contributed by atoms with van der Waals surface area (Å²) in [5.41, 5.74) is 0.363. The molecule has 0 atom stereocenters. The number of fused-ring (bicyclic) bond motifs is 1. The van der Waals surface area contributed by atoms with Crippen LogP contribution in [0.2, 0.25) is 0 Å². The van der Waals surface area contributed by atoms with E-state index in [4.69, 9.17) is 9.47 Å². The van der Waals surface area contributed by atoms with Crippen molar-refractivity contribution in [1.82, 2.24) is 10.2 Å². The number of benzene rings is 1. The maximum absolute atomic E-state index is 12.4. The van der Waals surface area contributed by atoms with E-state index in [1.807, 2.05) is 0 Å². The van der Waals surface area contributed by atoms with Gasteiger partial charge in [-0.3, -0.25) is 19.7 Å². The van der Waals surface area contributed by atoms with Gasteiger partial charge in [0.2, 0.25) is 11.8 Å². The average molecular weight is 290 g/mol. The highest BCUT2D eigenvalue weighted by Gasteiger charge is 2.27. The van der Waals surface area contributed by atoms with Gasteiger partial charge in [0.15, 0.2) is 11.5 Å². The molecule has 2 heterocycles. The van der Waals surface area contributed by atoms with Crippen molar-refractivity contribution in [3.05, 3.63) is 23.8 Å². The first kappa shape index (κ1) is 13.4. The molecule has 0 saturated carbocycles. The highest BCUT2D eigenvalue weighted by Crippen LogP contribution is 2.30. The molecule has 1 fully saturated rings. The Hall–Kier alpha value is -2.57. The van der Waals surface area contributed by atoms with Crippen LogP contribution in [0.25, 0.3) is 0 Å². The molecule has 0 aromatic heterocycles. The molecular formula is C14H14N2O5. The van der Waals surface area contributed by atoms with Gasteiger partial charge in [-0.15, -0.1) is 0 Å². The van der Waals surface area contributed by atoms with E-state index in [2.05, 4.69) is 5.32 Å². The molecule has 0 unspecified atom stereocenters. The van der Waals surface area contributed by atoms with Crippen molar-refractivity contribution in [2.24, 2.45) is 0 Å². The van der Waals surface area contributed by atoms with E-state index in [0.717, 1.165) is 6.42 Å². The number of carbonyl (C=O) groups is 3. The van der Waals surface area contributed by atoms with Gasteiger partial charge in [-0.05, 0) is 18.2 Å². The molecule has 2 aliphatic heterocycles. The summed E-state index contributed by atoms with van der Waals surface area (Å²) in [7, 11) is 0. The first-order valence-electron chi connectivity index (χ1n) is 6.65. The summed E-state index contributed by atoms with van der Waals surface area (Å²) in [5.74, 6) is -0.237. The minimum Gasteiger partial charge on any atom is -0.490 e. The van der Waals surface area contributed by atoms with Gasteiger partial charge < -0.3 is 14.4 Å². The Morgan fingerprint density at radius 3 is 2.43 bits per heavy atom. The smallest absolute Gasteiger partial charge is 0.254 e. The first-order valence-corrected chi connectivity index (χ1v) is 6.65. The Balaban J connectivity index is 1.83. The topological polar surface area (TPSA) is 84.9 Å². The Morgan fingerprint density at radius 2 is 1.71 bits per heavy atom. The fourth-order valence-electron chi connectivity index (χ4n) is 2.26. The Bertz CT molecular complexity index is 597. The van der Waals surface area contributed by atoms with Crippen molar-refractivity contribution in [3.63, 3.8) is 0 Å². The quantitative estimate of drug-likeness (QED) is 0.733. The summed E-state index contributed by atoms with van der Waals surface area (Å²) < 4.78 is 11.0. The summed E-state index contributed by atoms with van der Waals surface area (Å²) in [4.78, 5) is 36.2. The highest BCUT2D eigenvalue weighted by atomic mass is 16.5. The number of nitrogens with one attached hydrogen (secondary N) is 1. The molecule has 1 aromatic carbocycles. The maximum Gasteiger partial charge on any atom is 0.254 e. The summed E-state index contributed by atoms with van der Waals surface area (Å²) in [6, 6.07) is 4.85. The highest BCUT2D eigenvalue weighted by molar-refractivity contribution is 6.05. The second-order valence-corrected chi connectivity index (χ2v) is 4.84. The van der Waals surface area contributed by atoms with Crippen molar-refractivity contribution >= 4 is 17.7 Å². The van der Waals surface area contributed by atoms with Crippen molar-refractivity contribution in [2.75, 3.05) is 26.3 Å². The zero-order valence-electron chi connectivity index (χ0n) is 11.3. The fraction of sp³-hybridized carbons (Fsp3) is 0.357. The monoisotopic (exact) mass is 290 g/mol. The van der Waals surface area contributed by atoms with Crippen LogP contribution in [0.3, 0.4) is 0 Å². The first-order chi connectivity index (χ1) is 10.1. The molecule has 1 aromatic rings. The van der Waals surface area contributed by atoms with Crippen LogP contribution < -0.4 is 14.8 Å². The lowest BCUT2D eigenvalue weighted by molar-refractivity contribution is -0.135. The zero-order chi connectivity index (χ0) is 14.8. The summed E-state index contributed by atoms with van der Waals surface area (Å²) >= 11 is 0. The average Bonchev–Trinajstić information content (AvgIpc) is 2.69. The van der Waals surface area contributed by atoms with Gasteiger partial charge in [0, 0.05) is 12.0 Å². The normalized spacial score (nSPS) is 18.0. The molecule has 3 amide bonds. The standard InChI is InChI=1S/C14H14N2O5/c17-12-7-16(8-13(18)15-12)14(19)9-2-3-10-11(6-9)21-5-1-4-20-10/h2-3,6H,1,4-5,7-8H2,(H,15,17,18). The van der Waals surface area contributed by atoms with Gasteiger partial charge in [0.05, 0.1) is 13.2 Å². The van der Waals surface area contributed by atoms with Crippen molar-refractivity contribution < 1.29 is 23.9 Å². The second-order valence-electron chi connectivity index (χ2n) is 4.84. The van der Waals surface area contributed by atoms with E-state index in [9.17, 15) is 14.4 Å². The predicted octanol–water partition coefficient (Wildman–Crippen LogP) is -0.0535. The number of amides is 3. The van der Waals surface area contributed by atoms with Crippen LogP contribution in [-0.2, 0) is 9.59 Å². The number of piperazine rings is 1. The zero-order valence-corrected chi connectivity index (χ0v) is 11.3. The largest absolute Gasteiger partial charge is 0.490 e. The Kier molecular flexibility index (Phi) is 3.47. The van der Waals surface area contributed by atoms with Crippen LogP contribution in [0.1, 0.15) is 16.8 Å². The third-order valence-corrected chi connectivity index (χ3v) is 3.23. The van der Waals surface area contributed by atoms with Crippen LogP contribution in [0.15, 0.2) is 18.2 Å². The fourth-order valence-corrected chi connectivity index (χ4v) is 2.26. The molecule has 0 aliphatic carbocycles. The van der Waals surface area contributed by atoms with Crippen molar-refractivity contribution in [1.29, 1.82) is 0 Å². The van der Waals surface area contributed by atoms with E-state index in [0.29, 0.717) is 30.3 Å². The number of hydrogen-bond acceptors (Lipinski definition) is 5.